The molecule has 0 aliphatic rings. The second-order valence-electron chi connectivity index (χ2n) is 3.17. The van der Waals surface area contributed by atoms with Gasteiger partial charge in [0.2, 0.25) is 11.5 Å². The van der Waals surface area contributed by atoms with Crippen molar-refractivity contribution in [2.24, 2.45) is 0 Å². The zero-order valence-electron chi connectivity index (χ0n) is 8.64. The fraction of sp³-hybridized carbons (Fsp3) is 0.429. The van der Waals surface area contributed by atoms with Gasteiger partial charge in [0.15, 0.2) is 0 Å². The number of halogens is 3. The topological polar surface area (TPSA) is 123 Å². The van der Waals surface area contributed by atoms with Gasteiger partial charge in [-0.3, -0.25) is 9.59 Å². The molecule has 1 amide bonds. The van der Waals surface area contributed by atoms with Crippen molar-refractivity contribution < 1.29 is 32.5 Å². The zero-order valence-corrected chi connectivity index (χ0v) is 8.64. The van der Waals surface area contributed by atoms with Crippen LogP contribution in [-0.4, -0.2) is 51.5 Å². The van der Waals surface area contributed by atoms with E-state index in [9.17, 15) is 22.8 Å². The quantitative estimate of drug-likeness (QED) is 0.771. The first kappa shape index (κ1) is 13.7. The number of carboxylic acid groups (broad SMARTS) is 1. The second-order valence-corrected chi connectivity index (χ2v) is 3.17. The molecule has 0 spiro atoms. The third-order valence-electron chi connectivity index (χ3n) is 1.70. The number of rotatable bonds is 4. The maximum Gasteiger partial charge on any atom is 0.406 e. The molecule has 0 aliphatic heterocycles. The number of anilines is 1. The fourth-order valence-corrected chi connectivity index (χ4v) is 1.07. The molecule has 11 heteroatoms. The van der Waals surface area contributed by atoms with Crippen LogP contribution in [-0.2, 0) is 4.79 Å². The van der Waals surface area contributed by atoms with Gasteiger partial charge in [0.05, 0.1) is 0 Å². The Morgan fingerprint density at radius 3 is 2.39 bits per heavy atom. The summed E-state index contributed by atoms with van der Waals surface area (Å²) in [7, 11) is 0. The molecule has 3 N–H and O–H groups in total. The van der Waals surface area contributed by atoms with Gasteiger partial charge in [0.25, 0.3) is 5.91 Å². The smallest absolute Gasteiger partial charge is 0.406 e. The number of carbonyl (C=O) groups excluding carboxylic acids is 1. The van der Waals surface area contributed by atoms with Gasteiger partial charge in [-0.25, -0.2) is 4.63 Å². The summed E-state index contributed by atoms with van der Waals surface area (Å²) in [6, 6.07) is 0. The number of nitrogen functional groups attached to an aromatic ring is 1. The van der Waals surface area contributed by atoms with Crippen molar-refractivity contribution in [3.63, 3.8) is 0 Å². The monoisotopic (exact) mass is 268 g/mol. The van der Waals surface area contributed by atoms with Gasteiger partial charge in [-0.1, -0.05) is 0 Å². The van der Waals surface area contributed by atoms with Crippen LogP contribution < -0.4 is 5.73 Å². The van der Waals surface area contributed by atoms with Crippen molar-refractivity contribution >= 4 is 17.7 Å². The third-order valence-corrected chi connectivity index (χ3v) is 1.70. The highest BCUT2D eigenvalue weighted by Gasteiger charge is 2.36. The summed E-state index contributed by atoms with van der Waals surface area (Å²) >= 11 is 0. The lowest BCUT2D eigenvalue weighted by atomic mass is 10.3. The van der Waals surface area contributed by atoms with Crippen LogP contribution in [0.5, 0.6) is 0 Å². The molecular weight excluding hydrogens is 261 g/mol. The van der Waals surface area contributed by atoms with Crippen LogP contribution in [0, 0.1) is 0 Å². The average Bonchev–Trinajstić information content (AvgIpc) is 2.59. The van der Waals surface area contributed by atoms with Crippen LogP contribution in [0.3, 0.4) is 0 Å². The average molecular weight is 268 g/mol. The molecule has 1 aromatic heterocycles. The van der Waals surface area contributed by atoms with E-state index >= 15 is 0 Å². The molecule has 100 valence electrons. The fourth-order valence-electron chi connectivity index (χ4n) is 1.07. The molecule has 1 rings (SSSR count). The molecule has 0 fully saturated rings. The van der Waals surface area contributed by atoms with Crippen molar-refractivity contribution in [1.82, 2.24) is 15.2 Å². The lowest BCUT2D eigenvalue weighted by molar-refractivity contribution is -0.149. The van der Waals surface area contributed by atoms with E-state index in [0.29, 0.717) is 0 Å². The summed E-state index contributed by atoms with van der Waals surface area (Å²) in [5.41, 5.74) is 4.46. The largest absolute Gasteiger partial charge is 0.480 e. The van der Waals surface area contributed by atoms with Crippen LogP contribution in [0.1, 0.15) is 10.5 Å². The molecule has 1 heterocycles. The Kier molecular flexibility index (Phi) is 3.73. The van der Waals surface area contributed by atoms with Gasteiger partial charge in [-0.15, -0.1) is 0 Å². The Labute approximate surface area is 97.1 Å². The van der Waals surface area contributed by atoms with Gasteiger partial charge in [-0.05, 0) is 10.3 Å². The van der Waals surface area contributed by atoms with Gasteiger partial charge in [-0.2, -0.15) is 13.2 Å². The van der Waals surface area contributed by atoms with E-state index in [1.807, 2.05) is 0 Å². The number of amides is 1. The first-order valence-electron chi connectivity index (χ1n) is 4.36. The Morgan fingerprint density at radius 2 is 2.00 bits per heavy atom. The number of nitrogens with two attached hydrogens (primary N) is 1. The molecular formula is C7H7F3N4O4. The van der Waals surface area contributed by atoms with Gasteiger partial charge < -0.3 is 15.7 Å². The summed E-state index contributed by atoms with van der Waals surface area (Å²) in [4.78, 5) is 22.0. The predicted octanol–water partition coefficient (Wildman–Crippen LogP) is -0.259. The molecule has 8 nitrogen and oxygen atoms in total. The molecule has 0 bridgehead atoms. The highest BCUT2D eigenvalue weighted by atomic mass is 19.4. The summed E-state index contributed by atoms with van der Waals surface area (Å²) < 4.78 is 40.6. The molecule has 0 radical (unpaired) electrons. The summed E-state index contributed by atoms with van der Waals surface area (Å²) in [5.74, 6) is -3.45. The van der Waals surface area contributed by atoms with Crippen LogP contribution >= 0.6 is 0 Å². The first-order valence-corrected chi connectivity index (χ1v) is 4.36. The van der Waals surface area contributed by atoms with Crippen LogP contribution in [0.25, 0.3) is 0 Å². The number of hydrogen-bond acceptors (Lipinski definition) is 6. The Bertz CT molecular complexity index is 458. The van der Waals surface area contributed by atoms with Crippen LogP contribution in [0.15, 0.2) is 4.63 Å². The number of carboxylic acids is 1. The minimum atomic E-state index is -4.75. The van der Waals surface area contributed by atoms with Crippen LogP contribution in [0.2, 0.25) is 0 Å². The molecule has 0 aromatic carbocycles. The summed E-state index contributed by atoms with van der Waals surface area (Å²) in [5, 5.41) is 14.5. The minimum Gasteiger partial charge on any atom is -0.480 e. The molecule has 0 aliphatic carbocycles. The van der Waals surface area contributed by atoms with Crippen molar-refractivity contribution in [3.05, 3.63) is 5.69 Å². The van der Waals surface area contributed by atoms with Gasteiger partial charge in [0.1, 0.15) is 13.1 Å². The predicted molar refractivity (Wildman–Crippen MR) is 48.3 cm³/mol. The maximum absolute atomic E-state index is 12.2. The number of hydrogen-bond donors (Lipinski definition) is 2. The van der Waals surface area contributed by atoms with Crippen molar-refractivity contribution in [1.29, 1.82) is 0 Å². The molecule has 0 saturated heterocycles. The lowest BCUT2D eigenvalue weighted by Gasteiger charge is -2.20. The summed E-state index contributed by atoms with van der Waals surface area (Å²) in [6.45, 7) is -2.89. The van der Waals surface area contributed by atoms with E-state index in [1.165, 1.54) is 0 Å². The van der Waals surface area contributed by atoms with Crippen molar-refractivity contribution in [2.45, 2.75) is 6.18 Å². The maximum atomic E-state index is 12.2. The Hall–Kier alpha value is -2.33. The Balaban J connectivity index is 2.93. The summed E-state index contributed by atoms with van der Waals surface area (Å²) in [6.07, 6.45) is -4.75. The van der Waals surface area contributed by atoms with E-state index in [0.717, 1.165) is 0 Å². The third kappa shape index (κ3) is 3.61. The van der Waals surface area contributed by atoms with E-state index in [1.54, 1.807) is 0 Å². The lowest BCUT2D eigenvalue weighted by Crippen LogP contribution is -2.42. The Morgan fingerprint density at radius 1 is 1.39 bits per heavy atom. The standard InChI is InChI=1S/C7H7F3N4O4/c8-7(9,10)2-14(1-3(15)16)6(17)4-5(11)13-18-12-4/h1-2H2,(H2,11,13)(H,15,16). The number of aliphatic carboxylic acids is 1. The van der Waals surface area contributed by atoms with E-state index in [-0.39, 0.29) is 4.90 Å². The highest BCUT2D eigenvalue weighted by Crippen LogP contribution is 2.18. The van der Waals surface area contributed by atoms with E-state index < -0.39 is 42.7 Å². The number of nitrogens with zero attached hydrogens (tertiary/aromatic N) is 3. The normalized spacial score (nSPS) is 11.3. The van der Waals surface area contributed by atoms with Crippen LogP contribution in [0.4, 0.5) is 19.0 Å². The number of alkyl halides is 3. The SMILES string of the molecule is Nc1nonc1C(=O)N(CC(=O)O)CC(F)(F)F. The van der Waals surface area contributed by atoms with Crippen molar-refractivity contribution in [3.8, 4) is 0 Å². The molecule has 0 atom stereocenters. The molecule has 0 saturated carbocycles. The number of carbonyl (C=O) groups is 2. The van der Waals surface area contributed by atoms with Gasteiger partial charge >= 0.3 is 12.1 Å². The molecule has 18 heavy (non-hydrogen) atoms. The minimum absolute atomic E-state index is 0.0260. The van der Waals surface area contributed by atoms with E-state index in [2.05, 4.69) is 14.9 Å². The van der Waals surface area contributed by atoms with E-state index in [4.69, 9.17) is 10.8 Å². The first-order chi connectivity index (χ1) is 8.20. The zero-order chi connectivity index (χ0) is 13.9. The second kappa shape index (κ2) is 4.89. The number of aromatic nitrogens is 2. The molecule has 1 aromatic rings. The highest BCUT2D eigenvalue weighted by molar-refractivity contribution is 5.97. The molecule has 0 unspecified atom stereocenters. The van der Waals surface area contributed by atoms with Gasteiger partial charge in [0, 0.05) is 0 Å². The van der Waals surface area contributed by atoms with Crippen molar-refractivity contribution in [2.75, 3.05) is 18.8 Å².